The summed E-state index contributed by atoms with van der Waals surface area (Å²) in [5, 5.41) is 8.89. The van der Waals surface area contributed by atoms with Crippen LogP contribution in [0, 0.1) is 0 Å². The van der Waals surface area contributed by atoms with E-state index in [2.05, 4.69) is 13.8 Å². The van der Waals surface area contributed by atoms with Gasteiger partial charge < -0.3 is 9.84 Å². The molecule has 5 heteroatoms. The van der Waals surface area contributed by atoms with Crippen molar-refractivity contribution in [3.63, 3.8) is 0 Å². The predicted molar refractivity (Wildman–Crippen MR) is 74.1 cm³/mol. The van der Waals surface area contributed by atoms with Crippen LogP contribution in [0.15, 0.2) is 24.3 Å². The van der Waals surface area contributed by atoms with Gasteiger partial charge in [-0.25, -0.2) is 0 Å². The zero-order valence-corrected chi connectivity index (χ0v) is 11.9. The second-order valence-electron chi connectivity index (χ2n) is 3.86. The number of hydrogen-bond acceptors (Lipinski definition) is 3. The molecule has 0 spiro atoms. The molecule has 0 bridgehead atoms. The third-order valence-electron chi connectivity index (χ3n) is 2.11. The number of carbonyl (C=O) groups is 2. The van der Waals surface area contributed by atoms with Gasteiger partial charge >= 0.3 is 11.9 Å². The molecule has 0 atom stereocenters. The molecule has 0 fully saturated rings. The average molecular weight is 287 g/mol. The quantitative estimate of drug-likeness (QED) is 0.663. The zero-order chi connectivity index (χ0) is 14.7. The van der Waals surface area contributed by atoms with Crippen LogP contribution >= 0.6 is 11.6 Å². The lowest BCUT2D eigenvalue weighted by atomic mass is 10.2. The molecule has 0 saturated heterocycles. The van der Waals surface area contributed by atoms with Crippen LogP contribution in [-0.4, -0.2) is 17.0 Å². The Kier molecular flexibility index (Phi) is 9.53. The van der Waals surface area contributed by atoms with Crippen molar-refractivity contribution >= 4 is 23.5 Å². The minimum absolute atomic E-state index is 0.0588. The van der Waals surface area contributed by atoms with E-state index >= 15 is 0 Å². The van der Waals surface area contributed by atoms with Crippen molar-refractivity contribution in [2.75, 3.05) is 0 Å². The van der Waals surface area contributed by atoms with Crippen LogP contribution in [0.4, 0.5) is 0 Å². The molecule has 0 unspecified atom stereocenters. The van der Waals surface area contributed by atoms with Gasteiger partial charge in [0.1, 0.15) is 13.0 Å². The number of benzene rings is 1. The van der Waals surface area contributed by atoms with E-state index in [1.165, 1.54) is 12.8 Å². The first-order valence-corrected chi connectivity index (χ1v) is 6.49. The maximum Gasteiger partial charge on any atom is 0.317 e. The standard InChI is InChI=1S/C10H9ClO4.C4H10/c11-8-3-1-7(2-4-8)6-15-10(14)5-9(12)13;1-3-4-2/h1-4H,5-6H2,(H,12,13);3-4H2,1-2H3. The highest BCUT2D eigenvalue weighted by Crippen LogP contribution is 2.10. The van der Waals surface area contributed by atoms with Crippen molar-refractivity contribution in [1.29, 1.82) is 0 Å². The molecule has 106 valence electrons. The van der Waals surface area contributed by atoms with Gasteiger partial charge in [-0.3, -0.25) is 9.59 Å². The second-order valence-corrected chi connectivity index (χ2v) is 4.29. The molecule has 1 aromatic rings. The Bertz CT molecular complexity index is 385. The summed E-state index contributed by atoms with van der Waals surface area (Å²) in [4.78, 5) is 21.0. The highest BCUT2D eigenvalue weighted by molar-refractivity contribution is 6.30. The normalized spacial score (nSPS) is 9.21. The summed E-state index contributed by atoms with van der Waals surface area (Å²) in [5.41, 5.74) is 0.762. The second kappa shape index (κ2) is 10.4. The van der Waals surface area contributed by atoms with Gasteiger partial charge in [-0.2, -0.15) is 0 Å². The third-order valence-corrected chi connectivity index (χ3v) is 2.36. The molecule has 0 aliphatic heterocycles. The largest absolute Gasteiger partial charge is 0.481 e. The number of carbonyl (C=O) groups excluding carboxylic acids is 1. The Balaban J connectivity index is 0.000000711. The minimum Gasteiger partial charge on any atom is -0.481 e. The monoisotopic (exact) mass is 286 g/mol. The number of hydrogen-bond donors (Lipinski definition) is 1. The summed E-state index contributed by atoms with van der Waals surface area (Å²) in [7, 11) is 0. The fourth-order valence-corrected chi connectivity index (χ4v) is 1.04. The summed E-state index contributed by atoms with van der Waals surface area (Å²) in [6.45, 7) is 4.42. The zero-order valence-electron chi connectivity index (χ0n) is 11.2. The first kappa shape index (κ1) is 17.4. The van der Waals surface area contributed by atoms with E-state index in [1.807, 2.05) is 0 Å². The molecule has 0 radical (unpaired) electrons. The number of carboxylic acid groups (broad SMARTS) is 1. The first-order valence-electron chi connectivity index (χ1n) is 6.11. The summed E-state index contributed by atoms with van der Waals surface area (Å²) < 4.78 is 4.72. The molecule has 0 saturated carbocycles. The van der Waals surface area contributed by atoms with Crippen LogP contribution in [0.3, 0.4) is 0 Å². The fraction of sp³-hybridized carbons (Fsp3) is 0.429. The number of halogens is 1. The van der Waals surface area contributed by atoms with Crippen LogP contribution in [-0.2, 0) is 20.9 Å². The van der Waals surface area contributed by atoms with E-state index in [0.29, 0.717) is 5.02 Å². The molecule has 0 aliphatic rings. The van der Waals surface area contributed by atoms with Gasteiger partial charge in [0.15, 0.2) is 0 Å². The SMILES string of the molecule is CCCC.O=C(O)CC(=O)OCc1ccc(Cl)cc1. The van der Waals surface area contributed by atoms with Crippen molar-refractivity contribution in [3.05, 3.63) is 34.9 Å². The topological polar surface area (TPSA) is 63.6 Å². The number of esters is 1. The van der Waals surface area contributed by atoms with E-state index in [1.54, 1.807) is 24.3 Å². The molecule has 1 aromatic carbocycles. The van der Waals surface area contributed by atoms with E-state index in [9.17, 15) is 9.59 Å². The van der Waals surface area contributed by atoms with Crippen molar-refractivity contribution in [1.82, 2.24) is 0 Å². The van der Waals surface area contributed by atoms with Gasteiger partial charge in [-0.1, -0.05) is 50.4 Å². The molecule has 0 aliphatic carbocycles. The average Bonchev–Trinajstić information content (AvgIpc) is 2.37. The van der Waals surface area contributed by atoms with Gasteiger partial charge in [0.25, 0.3) is 0 Å². The highest BCUT2D eigenvalue weighted by Gasteiger charge is 2.08. The molecular weight excluding hydrogens is 268 g/mol. The van der Waals surface area contributed by atoms with Crippen LogP contribution in [0.2, 0.25) is 5.02 Å². The Hall–Kier alpha value is -1.55. The Morgan fingerprint density at radius 1 is 1.16 bits per heavy atom. The lowest BCUT2D eigenvalue weighted by Crippen LogP contribution is -2.10. The minimum atomic E-state index is -1.20. The highest BCUT2D eigenvalue weighted by atomic mass is 35.5. The number of carboxylic acids is 1. The van der Waals surface area contributed by atoms with E-state index in [4.69, 9.17) is 21.4 Å². The summed E-state index contributed by atoms with van der Waals surface area (Å²) in [6.07, 6.45) is 2.02. The number of aliphatic carboxylic acids is 1. The third kappa shape index (κ3) is 10.1. The van der Waals surface area contributed by atoms with Gasteiger partial charge in [0.05, 0.1) is 0 Å². The maximum absolute atomic E-state index is 10.9. The number of ether oxygens (including phenoxy) is 1. The van der Waals surface area contributed by atoms with Gasteiger partial charge in [0.2, 0.25) is 0 Å². The molecule has 4 nitrogen and oxygen atoms in total. The van der Waals surface area contributed by atoms with Crippen LogP contribution in [0.25, 0.3) is 0 Å². The summed E-state index contributed by atoms with van der Waals surface area (Å²) >= 11 is 5.66. The van der Waals surface area contributed by atoms with Crippen LogP contribution in [0.5, 0.6) is 0 Å². The smallest absolute Gasteiger partial charge is 0.317 e. The summed E-state index contributed by atoms with van der Waals surface area (Å²) in [6, 6.07) is 6.75. The Morgan fingerprint density at radius 3 is 2.11 bits per heavy atom. The number of rotatable bonds is 5. The van der Waals surface area contributed by atoms with E-state index < -0.39 is 18.4 Å². The first-order chi connectivity index (χ1) is 8.99. The lowest BCUT2D eigenvalue weighted by Gasteiger charge is -2.03. The van der Waals surface area contributed by atoms with Crippen LogP contribution < -0.4 is 0 Å². The summed E-state index contributed by atoms with van der Waals surface area (Å²) in [5.74, 6) is -1.95. The Labute approximate surface area is 118 Å². The maximum atomic E-state index is 10.9. The van der Waals surface area contributed by atoms with Crippen molar-refractivity contribution < 1.29 is 19.4 Å². The van der Waals surface area contributed by atoms with Gasteiger partial charge in [-0.15, -0.1) is 0 Å². The van der Waals surface area contributed by atoms with Crippen LogP contribution in [0.1, 0.15) is 38.7 Å². The molecule has 19 heavy (non-hydrogen) atoms. The fourth-order valence-electron chi connectivity index (χ4n) is 0.919. The number of unbranched alkanes of at least 4 members (excludes halogenated alkanes) is 1. The van der Waals surface area contributed by atoms with Crippen molar-refractivity contribution in [2.45, 2.75) is 39.7 Å². The molecular formula is C14H19ClO4. The van der Waals surface area contributed by atoms with Gasteiger partial charge in [0, 0.05) is 5.02 Å². The Morgan fingerprint density at radius 2 is 1.68 bits per heavy atom. The van der Waals surface area contributed by atoms with E-state index in [-0.39, 0.29) is 6.61 Å². The van der Waals surface area contributed by atoms with Crippen molar-refractivity contribution in [2.24, 2.45) is 0 Å². The molecule has 0 heterocycles. The molecule has 0 aromatic heterocycles. The molecule has 1 rings (SSSR count). The lowest BCUT2D eigenvalue weighted by molar-refractivity contribution is -0.152. The molecule has 1 N–H and O–H groups in total. The van der Waals surface area contributed by atoms with Gasteiger partial charge in [-0.05, 0) is 17.7 Å². The predicted octanol–water partition coefficient (Wildman–Crippen LogP) is 3.66. The van der Waals surface area contributed by atoms with Crippen molar-refractivity contribution in [3.8, 4) is 0 Å². The van der Waals surface area contributed by atoms with E-state index in [0.717, 1.165) is 5.56 Å². The molecule has 0 amide bonds.